The zero-order valence-electron chi connectivity index (χ0n) is 14.8. The fourth-order valence-electron chi connectivity index (χ4n) is 1.78. The Labute approximate surface area is 131 Å². The second-order valence-electron chi connectivity index (χ2n) is 5.55. The Morgan fingerprint density at radius 1 is 0.952 bits per heavy atom. The molecule has 0 rings (SSSR count). The van der Waals surface area contributed by atoms with Gasteiger partial charge in [-0.15, -0.1) is 5.73 Å². The second kappa shape index (κ2) is 11.0. The number of rotatable bonds is 7. The molecule has 0 aromatic heterocycles. The summed E-state index contributed by atoms with van der Waals surface area (Å²) < 4.78 is 0. The maximum Gasteiger partial charge on any atom is 0.0402 e. The summed E-state index contributed by atoms with van der Waals surface area (Å²) in [6, 6.07) is 0. The molecular formula is C20H31N. The van der Waals surface area contributed by atoms with E-state index in [4.69, 9.17) is 0 Å². The van der Waals surface area contributed by atoms with Crippen molar-refractivity contribution in [1.29, 1.82) is 0 Å². The molecule has 0 saturated heterocycles. The number of likely N-dealkylation sites (N-methyl/N-ethyl adjacent to an activating group) is 1. The van der Waals surface area contributed by atoms with E-state index in [1.165, 1.54) is 22.3 Å². The first-order valence-corrected chi connectivity index (χ1v) is 7.64. The summed E-state index contributed by atoms with van der Waals surface area (Å²) in [4.78, 5) is 0. The first-order valence-electron chi connectivity index (χ1n) is 7.64. The Morgan fingerprint density at radius 3 is 2.10 bits per heavy atom. The average molecular weight is 285 g/mol. The van der Waals surface area contributed by atoms with Crippen molar-refractivity contribution in [2.24, 2.45) is 0 Å². The minimum absolute atomic E-state index is 0.984. The molecule has 0 aliphatic rings. The lowest BCUT2D eigenvalue weighted by molar-refractivity contribution is 0.999. The van der Waals surface area contributed by atoms with E-state index in [-0.39, 0.29) is 0 Å². The van der Waals surface area contributed by atoms with Crippen LogP contribution in [0.3, 0.4) is 0 Å². The highest BCUT2D eigenvalue weighted by atomic mass is 14.8. The van der Waals surface area contributed by atoms with Gasteiger partial charge in [0.25, 0.3) is 0 Å². The Morgan fingerprint density at radius 2 is 1.62 bits per heavy atom. The lowest BCUT2D eigenvalue weighted by atomic mass is 10.0. The van der Waals surface area contributed by atoms with Crippen LogP contribution >= 0.6 is 0 Å². The highest BCUT2D eigenvalue weighted by Gasteiger charge is 1.95. The van der Waals surface area contributed by atoms with E-state index in [2.05, 4.69) is 76.9 Å². The van der Waals surface area contributed by atoms with Crippen LogP contribution in [-0.4, -0.2) is 7.05 Å². The predicted molar refractivity (Wildman–Crippen MR) is 96.3 cm³/mol. The van der Waals surface area contributed by atoms with E-state index in [1.807, 2.05) is 13.1 Å². The standard InChI is InChI=1S/C20H31N/c1-8-17(5)13-14-18(6)15-19(9-2)11-10-12-20(21-7)16(3)4/h8-9,11-12,14,21H,13,15H2,1-7H3/b17-8-,18-14+,19-9+. The van der Waals surface area contributed by atoms with Gasteiger partial charge in [-0.2, -0.15) is 0 Å². The predicted octanol–water partition coefficient (Wildman–Crippen LogP) is 5.85. The van der Waals surface area contributed by atoms with Crippen LogP contribution in [0.15, 0.2) is 64.1 Å². The zero-order valence-corrected chi connectivity index (χ0v) is 14.8. The molecule has 1 nitrogen and oxygen atoms in total. The molecule has 0 aromatic rings. The summed E-state index contributed by atoms with van der Waals surface area (Å²) in [5, 5.41) is 3.18. The molecule has 0 radical (unpaired) electrons. The molecule has 1 N–H and O–H groups in total. The van der Waals surface area contributed by atoms with E-state index < -0.39 is 0 Å². The molecule has 0 fully saturated rings. The first-order chi connectivity index (χ1) is 9.94. The number of hydrogen-bond donors (Lipinski definition) is 1. The molecule has 0 atom stereocenters. The molecule has 0 saturated carbocycles. The average Bonchev–Trinajstić information content (AvgIpc) is 2.47. The molecule has 0 heterocycles. The van der Waals surface area contributed by atoms with Crippen LogP contribution in [0.4, 0.5) is 0 Å². The second-order valence-corrected chi connectivity index (χ2v) is 5.55. The summed E-state index contributed by atoms with van der Waals surface area (Å²) in [6.45, 7) is 12.7. The molecule has 0 aliphatic carbocycles. The van der Waals surface area contributed by atoms with E-state index in [9.17, 15) is 0 Å². The molecule has 0 bridgehead atoms. The molecule has 0 aromatic carbocycles. The summed E-state index contributed by atoms with van der Waals surface area (Å²) in [6.07, 6.45) is 12.7. The van der Waals surface area contributed by atoms with Gasteiger partial charge < -0.3 is 5.32 Å². The molecule has 0 unspecified atom stereocenters. The minimum atomic E-state index is 0.984. The largest absolute Gasteiger partial charge is 0.388 e. The Balaban J connectivity index is 4.83. The zero-order chi connectivity index (χ0) is 16.3. The third kappa shape index (κ3) is 8.94. The van der Waals surface area contributed by atoms with Gasteiger partial charge in [-0.05, 0) is 66.0 Å². The van der Waals surface area contributed by atoms with Crippen molar-refractivity contribution >= 4 is 0 Å². The summed E-state index contributed by atoms with van der Waals surface area (Å²) in [5.41, 5.74) is 9.76. The summed E-state index contributed by atoms with van der Waals surface area (Å²) >= 11 is 0. The fraction of sp³-hybridized carbons (Fsp3) is 0.450. The van der Waals surface area contributed by atoms with Gasteiger partial charge in [0.2, 0.25) is 0 Å². The highest BCUT2D eigenvalue weighted by Crippen LogP contribution is 2.14. The Kier molecular flexibility index (Phi) is 10.1. The number of hydrogen-bond acceptors (Lipinski definition) is 1. The first kappa shape index (κ1) is 19.3. The van der Waals surface area contributed by atoms with Crippen molar-refractivity contribution in [1.82, 2.24) is 5.32 Å². The van der Waals surface area contributed by atoms with Crippen LogP contribution < -0.4 is 5.32 Å². The smallest absolute Gasteiger partial charge is 0.0402 e. The SMILES string of the molecule is C/C=C(/C)C/C=C(\C)C/C(C=C=CC(NC)=C(C)C)=C/C. The van der Waals surface area contributed by atoms with Crippen molar-refractivity contribution in [3.05, 3.63) is 64.1 Å². The fourth-order valence-corrected chi connectivity index (χ4v) is 1.78. The van der Waals surface area contributed by atoms with Crippen molar-refractivity contribution in [3.63, 3.8) is 0 Å². The summed E-state index contributed by atoms with van der Waals surface area (Å²) in [5.74, 6) is 0. The lowest BCUT2D eigenvalue weighted by Crippen LogP contribution is -2.04. The normalized spacial score (nSPS) is 12.6. The van der Waals surface area contributed by atoms with Gasteiger partial charge in [-0.3, -0.25) is 0 Å². The lowest BCUT2D eigenvalue weighted by Gasteiger charge is -2.03. The molecule has 0 aliphatic heterocycles. The molecule has 116 valence electrons. The molecule has 0 spiro atoms. The molecule has 21 heavy (non-hydrogen) atoms. The third-order valence-corrected chi connectivity index (χ3v) is 3.42. The van der Waals surface area contributed by atoms with Crippen molar-refractivity contribution in [2.75, 3.05) is 7.05 Å². The summed E-state index contributed by atoms with van der Waals surface area (Å²) in [7, 11) is 1.94. The monoisotopic (exact) mass is 285 g/mol. The van der Waals surface area contributed by atoms with E-state index in [0.717, 1.165) is 18.5 Å². The third-order valence-electron chi connectivity index (χ3n) is 3.42. The van der Waals surface area contributed by atoms with Gasteiger partial charge in [-0.25, -0.2) is 0 Å². The van der Waals surface area contributed by atoms with Gasteiger partial charge in [0.1, 0.15) is 0 Å². The Hall–Kier alpha value is -1.72. The van der Waals surface area contributed by atoms with E-state index >= 15 is 0 Å². The van der Waals surface area contributed by atoms with Crippen LogP contribution in [0.1, 0.15) is 54.4 Å². The van der Waals surface area contributed by atoms with Gasteiger partial charge in [0, 0.05) is 18.8 Å². The quantitative estimate of drug-likeness (QED) is 0.351. The van der Waals surface area contributed by atoms with Crippen LogP contribution in [-0.2, 0) is 0 Å². The van der Waals surface area contributed by atoms with Gasteiger partial charge >= 0.3 is 0 Å². The van der Waals surface area contributed by atoms with Gasteiger partial charge in [0.15, 0.2) is 0 Å². The van der Waals surface area contributed by atoms with Gasteiger partial charge in [-0.1, -0.05) is 34.9 Å². The van der Waals surface area contributed by atoms with E-state index in [0.29, 0.717) is 0 Å². The maximum absolute atomic E-state index is 3.27. The molecular weight excluding hydrogens is 254 g/mol. The maximum atomic E-state index is 3.27. The van der Waals surface area contributed by atoms with Crippen molar-refractivity contribution in [2.45, 2.75) is 54.4 Å². The van der Waals surface area contributed by atoms with Crippen LogP contribution in [0.5, 0.6) is 0 Å². The number of nitrogens with one attached hydrogen (secondary N) is 1. The van der Waals surface area contributed by atoms with Crippen LogP contribution in [0, 0.1) is 0 Å². The van der Waals surface area contributed by atoms with Gasteiger partial charge in [0.05, 0.1) is 0 Å². The highest BCUT2D eigenvalue weighted by molar-refractivity contribution is 5.28. The van der Waals surface area contributed by atoms with Crippen molar-refractivity contribution in [3.8, 4) is 0 Å². The van der Waals surface area contributed by atoms with Crippen LogP contribution in [0.25, 0.3) is 0 Å². The topological polar surface area (TPSA) is 12.0 Å². The van der Waals surface area contributed by atoms with Crippen molar-refractivity contribution < 1.29 is 0 Å². The molecule has 0 amide bonds. The Bertz CT molecular complexity index is 500. The van der Waals surface area contributed by atoms with E-state index in [1.54, 1.807) is 0 Å². The van der Waals surface area contributed by atoms with Crippen LogP contribution in [0.2, 0.25) is 0 Å². The molecule has 1 heteroatoms. The minimum Gasteiger partial charge on any atom is -0.388 e. The number of allylic oxidation sites excluding steroid dienone is 8.